The first-order valence-electron chi connectivity index (χ1n) is 6.40. The molecule has 2 rings (SSSR count). The van der Waals surface area contributed by atoms with Crippen LogP contribution in [0, 0.1) is 11.7 Å². The van der Waals surface area contributed by atoms with Gasteiger partial charge in [0.25, 0.3) is 0 Å². The molecule has 1 aromatic heterocycles. The van der Waals surface area contributed by atoms with E-state index in [0.717, 1.165) is 17.7 Å². The fraction of sp³-hybridized carbons (Fsp3) is 0.333. The molecule has 0 radical (unpaired) electrons. The molecule has 0 aliphatic carbocycles. The number of hydrogen-bond acceptors (Lipinski definition) is 2. The van der Waals surface area contributed by atoms with Crippen molar-refractivity contribution < 1.29 is 4.39 Å². The summed E-state index contributed by atoms with van der Waals surface area (Å²) in [7, 11) is 0. The smallest absolute Gasteiger partial charge is 0.134 e. The van der Waals surface area contributed by atoms with Gasteiger partial charge in [0.05, 0.1) is 0 Å². The second kappa shape index (κ2) is 6.51. The number of aromatic nitrogens is 2. The third-order valence-electron chi connectivity index (χ3n) is 2.78. The first-order chi connectivity index (χ1) is 9.44. The number of benzene rings is 1. The molecular weight excluding hydrogens is 298 g/mol. The summed E-state index contributed by atoms with van der Waals surface area (Å²) in [6, 6.07) is 6.08. The fourth-order valence-corrected chi connectivity index (χ4v) is 2.41. The Balaban J connectivity index is 2.26. The minimum Gasteiger partial charge on any atom is -0.237 e. The monoisotopic (exact) mass is 312 g/mol. The zero-order valence-electron chi connectivity index (χ0n) is 11.3. The molecule has 0 unspecified atom stereocenters. The molecule has 2 nitrogen and oxygen atoms in total. The van der Waals surface area contributed by atoms with Crippen molar-refractivity contribution in [3.63, 3.8) is 0 Å². The van der Waals surface area contributed by atoms with Crippen molar-refractivity contribution in [2.24, 2.45) is 5.92 Å². The Morgan fingerprint density at radius 2 is 1.90 bits per heavy atom. The van der Waals surface area contributed by atoms with E-state index in [1.807, 2.05) is 0 Å². The van der Waals surface area contributed by atoms with Gasteiger partial charge < -0.3 is 0 Å². The van der Waals surface area contributed by atoms with Crippen LogP contribution in [-0.4, -0.2) is 9.97 Å². The summed E-state index contributed by atoms with van der Waals surface area (Å²) in [4.78, 5) is 8.69. The van der Waals surface area contributed by atoms with Crippen LogP contribution in [0.3, 0.4) is 0 Å². The van der Waals surface area contributed by atoms with Crippen molar-refractivity contribution >= 4 is 23.2 Å². The van der Waals surface area contributed by atoms with Gasteiger partial charge in [-0.1, -0.05) is 43.1 Å². The Morgan fingerprint density at radius 1 is 1.15 bits per heavy atom. The predicted molar refractivity (Wildman–Crippen MR) is 79.8 cm³/mol. The average molecular weight is 313 g/mol. The Bertz CT molecular complexity index is 615. The standard InChI is InChI=1S/C15H15Cl2FN2/c1-9(2)5-12-8-14(17)20-15(19-12)6-10-3-4-11(18)7-13(10)16/h3-4,7-9H,5-6H2,1-2H3. The van der Waals surface area contributed by atoms with Crippen molar-refractivity contribution in [2.45, 2.75) is 26.7 Å². The molecule has 1 aromatic carbocycles. The van der Waals surface area contributed by atoms with Gasteiger partial charge in [-0.2, -0.15) is 0 Å². The Morgan fingerprint density at radius 3 is 2.55 bits per heavy atom. The second-order valence-electron chi connectivity index (χ2n) is 5.11. The van der Waals surface area contributed by atoms with Crippen molar-refractivity contribution in [3.8, 4) is 0 Å². The normalized spacial score (nSPS) is 11.1. The number of halogens is 3. The minimum atomic E-state index is -0.355. The summed E-state index contributed by atoms with van der Waals surface area (Å²) in [5.74, 6) is 0.733. The van der Waals surface area contributed by atoms with Crippen molar-refractivity contribution in [2.75, 3.05) is 0 Å². The lowest BCUT2D eigenvalue weighted by Crippen LogP contribution is -2.04. The van der Waals surface area contributed by atoms with Crippen LogP contribution in [0.4, 0.5) is 4.39 Å². The summed E-state index contributed by atoms with van der Waals surface area (Å²) in [6.07, 6.45) is 1.27. The van der Waals surface area contributed by atoms with Gasteiger partial charge in [-0.05, 0) is 36.1 Å². The summed E-state index contributed by atoms with van der Waals surface area (Å²) >= 11 is 12.0. The van der Waals surface area contributed by atoms with Gasteiger partial charge in [0, 0.05) is 17.1 Å². The summed E-state index contributed by atoms with van der Waals surface area (Å²) < 4.78 is 13.0. The van der Waals surface area contributed by atoms with Gasteiger partial charge in [0.1, 0.15) is 16.8 Å². The van der Waals surface area contributed by atoms with E-state index < -0.39 is 0 Å². The van der Waals surface area contributed by atoms with E-state index in [1.165, 1.54) is 12.1 Å². The van der Waals surface area contributed by atoms with Gasteiger partial charge in [-0.25, -0.2) is 14.4 Å². The zero-order chi connectivity index (χ0) is 14.7. The van der Waals surface area contributed by atoms with E-state index >= 15 is 0 Å². The number of hydrogen-bond donors (Lipinski definition) is 0. The lowest BCUT2D eigenvalue weighted by atomic mass is 10.1. The third kappa shape index (κ3) is 4.15. The Kier molecular flexibility index (Phi) is 4.95. The lowest BCUT2D eigenvalue weighted by Gasteiger charge is -2.08. The molecule has 20 heavy (non-hydrogen) atoms. The molecule has 0 amide bonds. The summed E-state index contributed by atoms with van der Waals surface area (Å²) in [5.41, 5.74) is 1.69. The highest BCUT2D eigenvalue weighted by atomic mass is 35.5. The van der Waals surface area contributed by atoms with Crippen LogP contribution in [0.25, 0.3) is 0 Å². The molecule has 0 fully saturated rings. The largest absolute Gasteiger partial charge is 0.237 e. The van der Waals surface area contributed by atoms with Gasteiger partial charge in [-0.15, -0.1) is 0 Å². The predicted octanol–water partition coefficient (Wildman–Crippen LogP) is 4.71. The molecule has 5 heteroatoms. The van der Waals surface area contributed by atoms with Crippen LogP contribution in [0.15, 0.2) is 24.3 Å². The highest BCUT2D eigenvalue weighted by molar-refractivity contribution is 6.31. The highest BCUT2D eigenvalue weighted by Crippen LogP contribution is 2.20. The molecule has 1 heterocycles. The maximum Gasteiger partial charge on any atom is 0.134 e. The SMILES string of the molecule is CC(C)Cc1cc(Cl)nc(Cc2ccc(F)cc2Cl)n1. The van der Waals surface area contributed by atoms with E-state index in [-0.39, 0.29) is 5.82 Å². The van der Waals surface area contributed by atoms with Crippen LogP contribution in [0.5, 0.6) is 0 Å². The van der Waals surface area contributed by atoms with Crippen molar-refractivity contribution in [3.05, 3.63) is 57.3 Å². The summed E-state index contributed by atoms with van der Waals surface area (Å²) in [5, 5.41) is 0.794. The molecule has 106 valence electrons. The quantitative estimate of drug-likeness (QED) is 0.764. The summed E-state index contributed by atoms with van der Waals surface area (Å²) in [6.45, 7) is 4.24. The highest BCUT2D eigenvalue weighted by Gasteiger charge is 2.09. The van der Waals surface area contributed by atoms with E-state index in [9.17, 15) is 4.39 Å². The van der Waals surface area contributed by atoms with Crippen molar-refractivity contribution in [1.29, 1.82) is 0 Å². The molecule has 0 bridgehead atoms. The molecule has 0 atom stereocenters. The van der Waals surface area contributed by atoms with Crippen LogP contribution in [-0.2, 0) is 12.8 Å². The van der Waals surface area contributed by atoms with Gasteiger partial charge >= 0.3 is 0 Å². The molecule has 2 aromatic rings. The molecule has 0 aliphatic heterocycles. The number of rotatable bonds is 4. The Labute approximate surface area is 128 Å². The van der Waals surface area contributed by atoms with Crippen LogP contribution in [0.1, 0.15) is 30.9 Å². The first kappa shape index (κ1) is 15.2. The zero-order valence-corrected chi connectivity index (χ0v) is 12.8. The molecule has 0 saturated carbocycles. The fourth-order valence-electron chi connectivity index (χ4n) is 1.95. The Hall–Kier alpha value is -1.19. The van der Waals surface area contributed by atoms with Crippen LogP contribution in [0.2, 0.25) is 10.2 Å². The molecular formula is C15H15Cl2FN2. The van der Waals surface area contributed by atoms with Gasteiger partial charge in [-0.3, -0.25) is 0 Å². The van der Waals surface area contributed by atoms with Crippen LogP contribution < -0.4 is 0 Å². The number of nitrogens with zero attached hydrogens (tertiary/aromatic N) is 2. The molecule has 0 saturated heterocycles. The first-order valence-corrected chi connectivity index (χ1v) is 7.16. The maximum absolute atomic E-state index is 13.0. The maximum atomic E-state index is 13.0. The van der Waals surface area contributed by atoms with E-state index in [4.69, 9.17) is 23.2 Å². The second-order valence-corrected chi connectivity index (χ2v) is 5.90. The van der Waals surface area contributed by atoms with E-state index in [0.29, 0.717) is 28.3 Å². The minimum absolute atomic E-state index is 0.355. The molecule has 0 spiro atoms. The van der Waals surface area contributed by atoms with Gasteiger partial charge in [0.2, 0.25) is 0 Å². The van der Waals surface area contributed by atoms with Gasteiger partial charge in [0.15, 0.2) is 0 Å². The van der Waals surface area contributed by atoms with E-state index in [1.54, 1.807) is 12.1 Å². The van der Waals surface area contributed by atoms with E-state index in [2.05, 4.69) is 23.8 Å². The van der Waals surface area contributed by atoms with Crippen molar-refractivity contribution in [1.82, 2.24) is 9.97 Å². The topological polar surface area (TPSA) is 25.8 Å². The molecule has 0 aliphatic rings. The lowest BCUT2D eigenvalue weighted by molar-refractivity contribution is 0.626. The molecule has 0 N–H and O–H groups in total. The third-order valence-corrected chi connectivity index (χ3v) is 3.32. The average Bonchev–Trinajstić information content (AvgIpc) is 2.31. The van der Waals surface area contributed by atoms with Crippen LogP contribution >= 0.6 is 23.2 Å².